The molecule has 0 fully saturated rings. The van der Waals surface area contributed by atoms with Crippen molar-refractivity contribution in [1.29, 1.82) is 0 Å². The van der Waals surface area contributed by atoms with E-state index >= 15 is 0 Å². The first-order valence-corrected chi connectivity index (χ1v) is 12.0. The number of hydrogen-bond donors (Lipinski definition) is 1. The van der Waals surface area contributed by atoms with E-state index in [4.69, 9.17) is 16.3 Å². The Balaban J connectivity index is 1.69. The van der Waals surface area contributed by atoms with Gasteiger partial charge in [-0.05, 0) is 60.5 Å². The number of fused-ring (bicyclic) bond motifs is 1. The average molecular weight is 475 g/mol. The maximum atomic E-state index is 13.0. The maximum absolute atomic E-state index is 13.0. The maximum Gasteiger partial charge on any atom is 0.308 e. The van der Waals surface area contributed by atoms with Crippen molar-refractivity contribution in [1.82, 2.24) is 4.57 Å². The lowest BCUT2D eigenvalue weighted by atomic mass is 10.2. The van der Waals surface area contributed by atoms with Crippen LogP contribution in [0.5, 0.6) is 5.75 Å². The molecule has 31 heavy (non-hydrogen) atoms. The van der Waals surface area contributed by atoms with Gasteiger partial charge < -0.3 is 4.74 Å². The number of methoxy groups -OCH3 is 1. The molecular weight excluding hydrogens is 456 g/mol. The quantitative estimate of drug-likeness (QED) is 0.432. The van der Waals surface area contributed by atoms with Crippen molar-refractivity contribution in [3.05, 3.63) is 86.5 Å². The zero-order valence-electron chi connectivity index (χ0n) is 16.8. The van der Waals surface area contributed by atoms with Crippen LogP contribution < -0.4 is 14.3 Å². The molecule has 1 heterocycles. The van der Waals surface area contributed by atoms with E-state index < -0.39 is 10.0 Å². The molecule has 0 aliphatic heterocycles. The summed E-state index contributed by atoms with van der Waals surface area (Å²) in [6, 6.07) is 17.2. The third-order valence-corrected chi connectivity index (χ3v) is 7.36. The fourth-order valence-electron chi connectivity index (χ4n) is 3.24. The SMILES string of the molecule is COc1ccc(C)cc1NS(=O)(=O)c1ccc2c(c1)sc(=O)n2Cc1ccc(Cl)cc1. The lowest BCUT2D eigenvalue weighted by Crippen LogP contribution is -2.14. The Morgan fingerprint density at radius 1 is 1.06 bits per heavy atom. The van der Waals surface area contributed by atoms with Crippen LogP contribution >= 0.6 is 22.9 Å². The Morgan fingerprint density at radius 2 is 1.81 bits per heavy atom. The third kappa shape index (κ3) is 4.46. The van der Waals surface area contributed by atoms with Gasteiger partial charge in [-0.2, -0.15) is 0 Å². The lowest BCUT2D eigenvalue weighted by Gasteiger charge is -2.13. The molecule has 160 valence electrons. The topological polar surface area (TPSA) is 77.4 Å². The van der Waals surface area contributed by atoms with E-state index in [9.17, 15) is 13.2 Å². The molecule has 0 aliphatic rings. The van der Waals surface area contributed by atoms with Crippen LogP contribution in [-0.2, 0) is 16.6 Å². The zero-order valence-corrected chi connectivity index (χ0v) is 19.1. The number of nitrogens with zero attached hydrogens (tertiary/aromatic N) is 1. The zero-order chi connectivity index (χ0) is 22.2. The highest BCUT2D eigenvalue weighted by molar-refractivity contribution is 7.92. The highest BCUT2D eigenvalue weighted by Gasteiger charge is 2.19. The van der Waals surface area contributed by atoms with Crippen molar-refractivity contribution in [3.8, 4) is 5.75 Å². The summed E-state index contributed by atoms with van der Waals surface area (Å²) in [6.07, 6.45) is 0. The molecule has 0 radical (unpaired) electrons. The highest BCUT2D eigenvalue weighted by atomic mass is 35.5. The van der Waals surface area contributed by atoms with Crippen molar-refractivity contribution in [2.24, 2.45) is 0 Å². The van der Waals surface area contributed by atoms with Crippen LogP contribution in [0.15, 0.2) is 70.4 Å². The molecule has 9 heteroatoms. The molecule has 0 saturated carbocycles. The Labute approximate surface area is 188 Å². The van der Waals surface area contributed by atoms with Crippen molar-refractivity contribution in [2.45, 2.75) is 18.4 Å². The van der Waals surface area contributed by atoms with Gasteiger partial charge in [-0.25, -0.2) is 8.42 Å². The molecule has 0 aliphatic carbocycles. The van der Waals surface area contributed by atoms with E-state index in [0.29, 0.717) is 33.2 Å². The van der Waals surface area contributed by atoms with Crippen LogP contribution in [0.4, 0.5) is 5.69 Å². The van der Waals surface area contributed by atoms with Gasteiger partial charge in [0.2, 0.25) is 0 Å². The fourth-order valence-corrected chi connectivity index (χ4v) is 5.46. The van der Waals surface area contributed by atoms with Gasteiger partial charge in [0.25, 0.3) is 10.0 Å². The standard InChI is InChI=1S/C22H19ClN2O4S2/c1-14-3-10-20(29-2)18(11-14)24-31(27,28)17-8-9-19-21(12-17)30-22(26)25(19)13-15-4-6-16(23)7-5-15/h3-12,24H,13H2,1-2H3. The number of sulfonamides is 1. The Morgan fingerprint density at radius 3 is 2.52 bits per heavy atom. The lowest BCUT2D eigenvalue weighted by molar-refractivity contribution is 0.417. The summed E-state index contributed by atoms with van der Waals surface area (Å²) < 4.78 is 36.0. The molecule has 0 unspecified atom stereocenters. The van der Waals surface area contributed by atoms with Crippen LogP contribution in [0.3, 0.4) is 0 Å². The Bertz CT molecular complexity index is 1420. The van der Waals surface area contributed by atoms with Gasteiger partial charge in [-0.15, -0.1) is 0 Å². The van der Waals surface area contributed by atoms with Gasteiger partial charge in [0.15, 0.2) is 0 Å². The molecule has 3 aromatic carbocycles. The second-order valence-electron chi connectivity index (χ2n) is 7.02. The molecule has 0 saturated heterocycles. The first-order chi connectivity index (χ1) is 14.8. The number of nitrogens with one attached hydrogen (secondary N) is 1. The van der Waals surface area contributed by atoms with E-state index in [1.54, 1.807) is 34.9 Å². The molecule has 0 amide bonds. The third-order valence-electron chi connectivity index (χ3n) is 4.80. The summed E-state index contributed by atoms with van der Waals surface area (Å²) in [4.78, 5) is 12.5. The number of thiazole rings is 1. The van der Waals surface area contributed by atoms with Gasteiger partial charge in [0, 0.05) is 5.02 Å². The number of aryl methyl sites for hydroxylation is 1. The molecular formula is C22H19ClN2O4S2. The predicted molar refractivity (Wildman–Crippen MR) is 125 cm³/mol. The summed E-state index contributed by atoms with van der Waals surface area (Å²) in [7, 11) is -2.39. The molecule has 1 N–H and O–H groups in total. The summed E-state index contributed by atoms with van der Waals surface area (Å²) in [5, 5.41) is 0.624. The molecule has 0 bridgehead atoms. The van der Waals surface area contributed by atoms with Gasteiger partial charge in [0.05, 0.1) is 34.5 Å². The Kier molecular flexibility index (Phi) is 5.79. The van der Waals surface area contributed by atoms with Crippen LogP contribution in [-0.4, -0.2) is 20.1 Å². The molecule has 6 nitrogen and oxygen atoms in total. The minimum absolute atomic E-state index is 0.0726. The van der Waals surface area contributed by atoms with Crippen molar-refractivity contribution in [2.75, 3.05) is 11.8 Å². The number of benzene rings is 3. The second kappa shape index (κ2) is 8.37. The minimum atomic E-state index is -3.87. The smallest absolute Gasteiger partial charge is 0.308 e. The van der Waals surface area contributed by atoms with Crippen LogP contribution in [0, 0.1) is 6.92 Å². The molecule has 4 aromatic rings. The van der Waals surface area contributed by atoms with Gasteiger partial charge in [0.1, 0.15) is 5.75 Å². The molecule has 4 rings (SSSR count). The monoisotopic (exact) mass is 474 g/mol. The van der Waals surface area contributed by atoms with Crippen LogP contribution in [0.1, 0.15) is 11.1 Å². The first kappa shape index (κ1) is 21.4. The van der Waals surface area contributed by atoms with Crippen molar-refractivity contribution in [3.63, 3.8) is 0 Å². The molecule has 0 atom stereocenters. The van der Waals surface area contributed by atoms with E-state index in [0.717, 1.165) is 22.5 Å². The summed E-state index contributed by atoms with van der Waals surface area (Å²) >= 11 is 6.94. The van der Waals surface area contributed by atoms with E-state index in [2.05, 4.69) is 4.72 Å². The molecule has 1 aromatic heterocycles. The van der Waals surface area contributed by atoms with Gasteiger partial charge in [-0.3, -0.25) is 14.1 Å². The highest BCUT2D eigenvalue weighted by Crippen LogP contribution is 2.29. The molecule has 0 spiro atoms. The van der Waals surface area contributed by atoms with E-state index in [-0.39, 0.29) is 9.77 Å². The average Bonchev–Trinajstić information content (AvgIpc) is 3.04. The number of hydrogen-bond acceptors (Lipinski definition) is 5. The van der Waals surface area contributed by atoms with Gasteiger partial charge >= 0.3 is 4.87 Å². The van der Waals surface area contributed by atoms with Crippen LogP contribution in [0.2, 0.25) is 5.02 Å². The van der Waals surface area contributed by atoms with Crippen molar-refractivity contribution >= 4 is 48.9 Å². The number of ether oxygens (including phenoxy) is 1. The second-order valence-corrected chi connectivity index (χ2v) is 10.1. The van der Waals surface area contributed by atoms with Crippen LogP contribution in [0.25, 0.3) is 10.2 Å². The fraction of sp³-hybridized carbons (Fsp3) is 0.136. The first-order valence-electron chi connectivity index (χ1n) is 9.32. The Hall–Kier alpha value is -2.81. The summed E-state index contributed by atoms with van der Waals surface area (Å²) in [5.41, 5.74) is 2.86. The summed E-state index contributed by atoms with van der Waals surface area (Å²) in [6.45, 7) is 2.24. The van der Waals surface area contributed by atoms with E-state index in [1.807, 2.05) is 25.1 Å². The number of halogens is 1. The predicted octanol–water partition coefficient (Wildman–Crippen LogP) is 4.88. The van der Waals surface area contributed by atoms with E-state index in [1.165, 1.54) is 19.2 Å². The largest absolute Gasteiger partial charge is 0.495 e. The van der Waals surface area contributed by atoms with Gasteiger partial charge in [-0.1, -0.05) is 41.1 Å². The van der Waals surface area contributed by atoms with Crippen molar-refractivity contribution < 1.29 is 13.2 Å². The number of rotatable bonds is 6. The number of aromatic nitrogens is 1. The number of anilines is 1. The minimum Gasteiger partial charge on any atom is -0.495 e. The summed E-state index contributed by atoms with van der Waals surface area (Å²) in [5.74, 6) is 0.425. The normalized spacial score (nSPS) is 11.6.